The maximum Gasteiger partial charge on any atom is 0.408 e. The van der Waals surface area contributed by atoms with Crippen molar-refractivity contribution in [2.24, 2.45) is 5.92 Å². The van der Waals surface area contributed by atoms with E-state index in [1.54, 1.807) is 27.7 Å². The molecule has 0 saturated carbocycles. The number of alkyl carbamates (subject to hydrolysis) is 1. The number of benzene rings is 1. The highest BCUT2D eigenvalue weighted by molar-refractivity contribution is 5.81. The van der Waals surface area contributed by atoms with Gasteiger partial charge in [-0.25, -0.2) is 9.59 Å². The molecule has 1 aromatic carbocycles. The molecule has 0 aliphatic carbocycles. The van der Waals surface area contributed by atoms with Gasteiger partial charge in [0.05, 0.1) is 6.10 Å². The normalized spacial score (nSPS) is 25.2. The lowest BCUT2D eigenvalue weighted by molar-refractivity contribution is -0.165. The molecule has 0 bridgehead atoms. The maximum atomic E-state index is 12.8. The minimum absolute atomic E-state index is 0.279. The topological polar surface area (TPSA) is 83.1 Å². The molecule has 7 nitrogen and oxygen atoms in total. The average Bonchev–Trinajstić information content (AvgIpc) is 2.70. The Morgan fingerprint density at radius 1 is 1.23 bits per heavy atom. The molecule has 7 heteroatoms. The highest BCUT2D eigenvalue weighted by Crippen LogP contribution is 2.21. The lowest BCUT2D eigenvalue weighted by atomic mass is 10.00. The first-order valence-corrected chi connectivity index (χ1v) is 11.0. The van der Waals surface area contributed by atoms with Crippen molar-refractivity contribution in [1.82, 2.24) is 5.32 Å². The molecule has 1 fully saturated rings. The summed E-state index contributed by atoms with van der Waals surface area (Å²) in [7, 11) is 0. The highest BCUT2D eigenvalue weighted by Gasteiger charge is 2.36. The van der Waals surface area contributed by atoms with Gasteiger partial charge in [0.1, 0.15) is 23.9 Å². The van der Waals surface area contributed by atoms with Crippen LogP contribution >= 0.6 is 0 Å². The Morgan fingerprint density at radius 3 is 2.52 bits per heavy atom. The number of esters is 1. The molecule has 1 aliphatic heterocycles. The maximum absolute atomic E-state index is 12.8. The smallest absolute Gasteiger partial charge is 0.408 e. The van der Waals surface area contributed by atoms with Crippen LogP contribution in [0, 0.1) is 5.92 Å². The third-order valence-electron chi connectivity index (χ3n) is 4.75. The molecule has 0 unspecified atom stereocenters. The Kier molecular flexibility index (Phi) is 9.32. The van der Waals surface area contributed by atoms with Crippen LogP contribution in [0.2, 0.25) is 0 Å². The van der Waals surface area contributed by atoms with E-state index in [0.717, 1.165) is 5.56 Å². The van der Waals surface area contributed by atoms with Crippen molar-refractivity contribution in [2.45, 2.75) is 84.3 Å². The van der Waals surface area contributed by atoms with E-state index in [2.05, 4.69) is 19.2 Å². The van der Waals surface area contributed by atoms with Gasteiger partial charge in [0.2, 0.25) is 0 Å². The fourth-order valence-corrected chi connectivity index (χ4v) is 3.33. The summed E-state index contributed by atoms with van der Waals surface area (Å²) in [6, 6.07) is 9.17. The molecule has 2 rings (SSSR count). The predicted octanol–water partition coefficient (Wildman–Crippen LogP) is 3.88. The van der Waals surface area contributed by atoms with Crippen LogP contribution in [0.5, 0.6) is 0 Å². The molecule has 174 valence electrons. The van der Waals surface area contributed by atoms with Crippen LogP contribution in [0.25, 0.3) is 0 Å². The van der Waals surface area contributed by atoms with Gasteiger partial charge < -0.3 is 24.3 Å². The Hall–Kier alpha value is -2.12. The molecule has 1 aromatic rings. The number of amides is 1. The molecule has 4 atom stereocenters. The second-order valence-corrected chi connectivity index (χ2v) is 9.42. The van der Waals surface area contributed by atoms with Crippen LogP contribution in [0.3, 0.4) is 0 Å². The van der Waals surface area contributed by atoms with Gasteiger partial charge >= 0.3 is 12.1 Å². The largest absolute Gasteiger partial charge is 0.458 e. The van der Waals surface area contributed by atoms with Gasteiger partial charge in [0.15, 0.2) is 0 Å². The van der Waals surface area contributed by atoms with Crippen LogP contribution in [0.4, 0.5) is 4.79 Å². The Bertz CT molecular complexity index is 700. The van der Waals surface area contributed by atoms with Crippen LogP contribution in [0.15, 0.2) is 30.3 Å². The van der Waals surface area contributed by atoms with Crippen molar-refractivity contribution in [3.8, 4) is 0 Å². The fraction of sp³-hybridized carbons (Fsp3) is 0.667. The standard InChI is InChI=1S/C24H37NO6/c1-16(2)15-29-21-17(3)30-22(26)19(25-23(27)31-24(4,5)6)12-13-28-20(21)14-18-10-8-7-9-11-18/h7-11,16-17,19-21H,12-15H2,1-6H3,(H,25,27)/t17-,19-,20+,21-/m0/s1. The Morgan fingerprint density at radius 2 is 1.90 bits per heavy atom. The SMILES string of the molecule is CC(C)CO[C@H]1[C@H](C)OC(=O)[C@@H](NC(=O)OC(C)(C)C)CCO[C@@H]1Cc1ccccc1. The Labute approximate surface area is 185 Å². The van der Waals surface area contributed by atoms with E-state index in [9.17, 15) is 9.59 Å². The minimum Gasteiger partial charge on any atom is -0.458 e. The van der Waals surface area contributed by atoms with Crippen molar-refractivity contribution in [1.29, 1.82) is 0 Å². The summed E-state index contributed by atoms with van der Waals surface area (Å²) < 4.78 is 23.3. The third kappa shape index (κ3) is 8.87. The molecule has 0 spiro atoms. The van der Waals surface area contributed by atoms with Crippen molar-refractivity contribution >= 4 is 12.1 Å². The molecular weight excluding hydrogens is 398 g/mol. The summed E-state index contributed by atoms with van der Waals surface area (Å²) in [6.45, 7) is 12.1. The third-order valence-corrected chi connectivity index (χ3v) is 4.75. The Balaban J connectivity index is 2.15. The average molecular weight is 436 g/mol. The first-order chi connectivity index (χ1) is 14.5. The van der Waals surface area contributed by atoms with Crippen molar-refractivity contribution in [3.05, 3.63) is 35.9 Å². The molecule has 1 aliphatic rings. The number of hydrogen-bond acceptors (Lipinski definition) is 6. The van der Waals surface area contributed by atoms with Crippen LogP contribution in [0.1, 0.15) is 53.5 Å². The van der Waals surface area contributed by atoms with Gasteiger partial charge in [0, 0.05) is 26.1 Å². The number of carbonyl (C=O) groups excluding carboxylic acids is 2. The molecular formula is C24H37NO6. The van der Waals surface area contributed by atoms with Crippen molar-refractivity contribution in [2.75, 3.05) is 13.2 Å². The quantitative estimate of drug-likeness (QED) is 0.683. The number of carbonyl (C=O) groups is 2. The van der Waals surface area contributed by atoms with Gasteiger partial charge in [-0.3, -0.25) is 0 Å². The van der Waals surface area contributed by atoms with Gasteiger partial charge in [-0.15, -0.1) is 0 Å². The molecule has 1 amide bonds. The number of nitrogens with one attached hydrogen (secondary N) is 1. The van der Waals surface area contributed by atoms with Crippen molar-refractivity contribution in [3.63, 3.8) is 0 Å². The van der Waals surface area contributed by atoms with E-state index in [1.807, 2.05) is 30.3 Å². The number of ether oxygens (including phenoxy) is 4. The highest BCUT2D eigenvalue weighted by atomic mass is 16.6. The first-order valence-electron chi connectivity index (χ1n) is 11.0. The van der Waals surface area contributed by atoms with Gasteiger partial charge in [-0.1, -0.05) is 44.2 Å². The first kappa shape index (κ1) is 25.1. The zero-order valence-electron chi connectivity index (χ0n) is 19.6. The van der Waals surface area contributed by atoms with Crippen molar-refractivity contribution < 1.29 is 28.5 Å². The summed E-state index contributed by atoms with van der Waals surface area (Å²) in [4.78, 5) is 25.0. The molecule has 1 N–H and O–H groups in total. The molecule has 0 aromatic heterocycles. The number of rotatable bonds is 6. The second kappa shape index (κ2) is 11.5. The summed E-state index contributed by atoms with van der Waals surface area (Å²) in [5, 5.41) is 2.61. The zero-order chi connectivity index (χ0) is 23.0. The van der Waals surface area contributed by atoms with E-state index < -0.39 is 35.9 Å². The van der Waals surface area contributed by atoms with Gasteiger partial charge in [0.25, 0.3) is 0 Å². The summed E-state index contributed by atoms with van der Waals surface area (Å²) in [5.74, 6) is -0.185. The van der Waals surface area contributed by atoms with E-state index in [4.69, 9.17) is 18.9 Å². The van der Waals surface area contributed by atoms with E-state index >= 15 is 0 Å². The zero-order valence-corrected chi connectivity index (χ0v) is 19.6. The molecule has 31 heavy (non-hydrogen) atoms. The van der Waals surface area contributed by atoms with Crippen LogP contribution in [-0.4, -0.2) is 55.2 Å². The monoisotopic (exact) mass is 435 g/mol. The van der Waals surface area contributed by atoms with E-state index in [1.165, 1.54) is 0 Å². The molecule has 1 saturated heterocycles. The lowest BCUT2D eigenvalue weighted by Gasteiger charge is -2.31. The van der Waals surface area contributed by atoms with E-state index in [-0.39, 0.29) is 19.1 Å². The fourth-order valence-electron chi connectivity index (χ4n) is 3.33. The van der Waals surface area contributed by atoms with Crippen LogP contribution in [-0.2, 0) is 30.2 Å². The second-order valence-electron chi connectivity index (χ2n) is 9.42. The van der Waals surface area contributed by atoms with Crippen LogP contribution < -0.4 is 5.32 Å². The van der Waals surface area contributed by atoms with Gasteiger partial charge in [-0.2, -0.15) is 0 Å². The molecule has 1 heterocycles. The summed E-state index contributed by atoms with van der Waals surface area (Å²) >= 11 is 0. The summed E-state index contributed by atoms with van der Waals surface area (Å²) in [5.41, 5.74) is 0.458. The lowest BCUT2D eigenvalue weighted by Crippen LogP contribution is -2.46. The number of hydrogen-bond donors (Lipinski definition) is 1. The minimum atomic E-state index is -0.849. The molecule has 0 radical (unpaired) electrons. The number of cyclic esters (lactones) is 1. The summed E-state index contributed by atoms with van der Waals surface area (Å²) in [6.07, 6.45) is -0.991. The van der Waals surface area contributed by atoms with Gasteiger partial charge in [-0.05, 0) is 39.2 Å². The van der Waals surface area contributed by atoms with E-state index in [0.29, 0.717) is 18.9 Å². The predicted molar refractivity (Wildman–Crippen MR) is 118 cm³/mol.